The summed E-state index contributed by atoms with van der Waals surface area (Å²) in [5.74, 6) is 0. The minimum Gasteiger partial charge on any atom is -0.339 e. The lowest BCUT2D eigenvalue weighted by atomic mass is 10.1. The molecule has 0 radical (unpaired) electrons. The zero-order valence-electron chi connectivity index (χ0n) is 14.2. The van der Waals surface area contributed by atoms with Gasteiger partial charge in [0, 0.05) is 31.7 Å². The minimum atomic E-state index is -0.192. The molecule has 0 atom stereocenters. The van der Waals surface area contributed by atoms with Crippen molar-refractivity contribution >= 4 is 16.6 Å². The van der Waals surface area contributed by atoms with Crippen LogP contribution in [-0.2, 0) is 14.1 Å². The lowest BCUT2D eigenvalue weighted by Gasteiger charge is -2.05. The molecule has 0 aliphatic carbocycles. The largest absolute Gasteiger partial charge is 0.339 e. The first-order chi connectivity index (χ1) is 12.6. The number of nitrogens with zero attached hydrogens (tertiary/aromatic N) is 6. The predicted octanol–water partition coefficient (Wildman–Crippen LogP) is 1.98. The first-order valence-electron chi connectivity index (χ1n) is 8.13. The van der Waals surface area contributed by atoms with Crippen molar-refractivity contribution in [1.82, 2.24) is 34.2 Å². The molecular formula is C18H15N7O. The summed E-state index contributed by atoms with van der Waals surface area (Å²) < 4.78 is 4.90. The molecule has 4 heterocycles. The van der Waals surface area contributed by atoms with Crippen LogP contribution in [0.25, 0.3) is 39.1 Å². The fraction of sp³-hybridized carbons (Fsp3) is 0.111. The van der Waals surface area contributed by atoms with Crippen LogP contribution in [0.1, 0.15) is 0 Å². The van der Waals surface area contributed by atoms with Gasteiger partial charge in [-0.1, -0.05) is 6.07 Å². The number of aryl methyl sites for hydroxylation is 2. The maximum absolute atomic E-state index is 12.5. The molecule has 8 heteroatoms. The van der Waals surface area contributed by atoms with E-state index in [-0.39, 0.29) is 5.56 Å². The number of aromatic nitrogens is 7. The van der Waals surface area contributed by atoms with Gasteiger partial charge >= 0.3 is 0 Å². The van der Waals surface area contributed by atoms with Crippen LogP contribution in [0.2, 0.25) is 0 Å². The van der Waals surface area contributed by atoms with E-state index in [4.69, 9.17) is 0 Å². The number of rotatable bonds is 2. The smallest absolute Gasteiger partial charge is 0.274 e. The molecule has 5 rings (SSSR count). The van der Waals surface area contributed by atoms with Crippen molar-refractivity contribution in [3.63, 3.8) is 0 Å². The van der Waals surface area contributed by atoms with Gasteiger partial charge < -0.3 is 4.98 Å². The van der Waals surface area contributed by atoms with Crippen LogP contribution >= 0.6 is 0 Å². The van der Waals surface area contributed by atoms with Crippen LogP contribution in [0.3, 0.4) is 0 Å². The van der Waals surface area contributed by atoms with Gasteiger partial charge in [0.1, 0.15) is 5.65 Å². The zero-order chi connectivity index (χ0) is 17.8. The fourth-order valence-electron chi connectivity index (χ4n) is 3.22. The highest BCUT2D eigenvalue weighted by atomic mass is 16.1. The van der Waals surface area contributed by atoms with Crippen molar-refractivity contribution in [3.05, 3.63) is 59.3 Å². The van der Waals surface area contributed by atoms with E-state index in [0.717, 1.165) is 33.4 Å². The third-order valence-corrected chi connectivity index (χ3v) is 4.55. The van der Waals surface area contributed by atoms with Crippen LogP contribution in [0.15, 0.2) is 53.7 Å². The van der Waals surface area contributed by atoms with Gasteiger partial charge in [-0.15, -0.1) is 0 Å². The molecule has 5 aromatic rings. The summed E-state index contributed by atoms with van der Waals surface area (Å²) in [5, 5.41) is 13.9. The van der Waals surface area contributed by atoms with Crippen molar-refractivity contribution in [2.45, 2.75) is 0 Å². The van der Waals surface area contributed by atoms with Gasteiger partial charge in [-0.3, -0.25) is 14.2 Å². The molecule has 8 nitrogen and oxygen atoms in total. The van der Waals surface area contributed by atoms with Gasteiger partial charge in [-0.2, -0.15) is 19.8 Å². The van der Waals surface area contributed by atoms with E-state index in [1.54, 1.807) is 16.9 Å². The van der Waals surface area contributed by atoms with Crippen LogP contribution in [0, 0.1) is 0 Å². The highest BCUT2D eigenvalue weighted by Gasteiger charge is 2.13. The standard InChI is InChI=1S/C18H15N7O/c1-23-6-5-14(22-23)13-10-20-25-17(26)8-15(21-18(13)25)11-3-4-16-12(7-11)9-19-24(16)2/h3-10,21H,1-2H3. The molecule has 1 N–H and O–H groups in total. The van der Waals surface area contributed by atoms with Crippen LogP contribution in [-0.4, -0.2) is 34.2 Å². The number of nitrogens with one attached hydrogen (secondary N) is 1. The van der Waals surface area contributed by atoms with E-state index < -0.39 is 0 Å². The van der Waals surface area contributed by atoms with Crippen LogP contribution < -0.4 is 5.56 Å². The summed E-state index contributed by atoms with van der Waals surface area (Å²) in [6.45, 7) is 0. The number of H-pyrrole nitrogens is 1. The molecule has 26 heavy (non-hydrogen) atoms. The molecule has 0 aliphatic heterocycles. The normalized spacial score (nSPS) is 11.6. The predicted molar refractivity (Wildman–Crippen MR) is 97.7 cm³/mol. The molecule has 0 unspecified atom stereocenters. The van der Waals surface area contributed by atoms with Crippen molar-refractivity contribution < 1.29 is 0 Å². The SMILES string of the molecule is Cn1ccc(-c2cnn3c(=O)cc(-c4ccc5c(cnn5C)c4)[nH]c23)n1. The number of aromatic amines is 1. The second-order valence-electron chi connectivity index (χ2n) is 6.26. The molecule has 0 bridgehead atoms. The number of hydrogen-bond acceptors (Lipinski definition) is 4. The summed E-state index contributed by atoms with van der Waals surface area (Å²) >= 11 is 0. The Morgan fingerprint density at radius 2 is 1.92 bits per heavy atom. The molecule has 0 fully saturated rings. The summed E-state index contributed by atoms with van der Waals surface area (Å²) in [4.78, 5) is 15.9. The Bertz CT molecular complexity index is 1330. The third-order valence-electron chi connectivity index (χ3n) is 4.55. The average molecular weight is 345 g/mol. The Labute approximate surface area is 147 Å². The quantitative estimate of drug-likeness (QED) is 0.530. The first-order valence-corrected chi connectivity index (χ1v) is 8.13. The minimum absolute atomic E-state index is 0.192. The maximum atomic E-state index is 12.5. The molecule has 0 amide bonds. The van der Waals surface area contributed by atoms with E-state index in [0.29, 0.717) is 5.65 Å². The second kappa shape index (κ2) is 5.16. The van der Waals surface area contributed by atoms with Gasteiger partial charge in [-0.25, -0.2) is 0 Å². The Morgan fingerprint density at radius 1 is 1.04 bits per heavy atom. The Hall–Kier alpha value is -3.68. The van der Waals surface area contributed by atoms with E-state index in [9.17, 15) is 4.79 Å². The maximum Gasteiger partial charge on any atom is 0.274 e. The molecule has 0 spiro atoms. The summed E-state index contributed by atoms with van der Waals surface area (Å²) in [6.07, 6.45) is 5.33. The first kappa shape index (κ1) is 14.6. The molecule has 0 saturated carbocycles. The van der Waals surface area contributed by atoms with Crippen molar-refractivity contribution in [3.8, 4) is 22.5 Å². The molecule has 4 aromatic heterocycles. The molecule has 0 saturated heterocycles. The van der Waals surface area contributed by atoms with Crippen molar-refractivity contribution in [2.75, 3.05) is 0 Å². The van der Waals surface area contributed by atoms with Gasteiger partial charge in [0.2, 0.25) is 0 Å². The van der Waals surface area contributed by atoms with Crippen molar-refractivity contribution in [2.24, 2.45) is 14.1 Å². The monoisotopic (exact) mass is 345 g/mol. The van der Waals surface area contributed by atoms with E-state index in [1.807, 2.05) is 55.4 Å². The number of hydrogen-bond donors (Lipinski definition) is 1. The summed E-state index contributed by atoms with van der Waals surface area (Å²) in [5.41, 5.74) is 4.66. The van der Waals surface area contributed by atoms with Gasteiger partial charge in [-0.05, 0) is 23.8 Å². The van der Waals surface area contributed by atoms with Gasteiger partial charge in [0.25, 0.3) is 5.56 Å². The second-order valence-corrected chi connectivity index (χ2v) is 6.26. The highest BCUT2D eigenvalue weighted by molar-refractivity contribution is 5.84. The van der Waals surface area contributed by atoms with E-state index >= 15 is 0 Å². The molecule has 1 aromatic carbocycles. The molecule has 128 valence electrons. The molecule has 0 aliphatic rings. The number of fused-ring (bicyclic) bond motifs is 2. The summed E-state index contributed by atoms with van der Waals surface area (Å²) in [6, 6.07) is 9.43. The van der Waals surface area contributed by atoms with E-state index in [2.05, 4.69) is 20.3 Å². The van der Waals surface area contributed by atoms with Crippen molar-refractivity contribution in [1.29, 1.82) is 0 Å². The lowest BCUT2D eigenvalue weighted by molar-refractivity contribution is 0.771. The van der Waals surface area contributed by atoms with E-state index in [1.165, 1.54) is 4.52 Å². The topological polar surface area (TPSA) is 85.8 Å². The van der Waals surface area contributed by atoms with Crippen LogP contribution in [0.4, 0.5) is 0 Å². The summed E-state index contributed by atoms with van der Waals surface area (Å²) in [7, 11) is 3.76. The average Bonchev–Trinajstić information content (AvgIpc) is 3.33. The Morgan fingerprint density at radius 3 is 2.73 bits per heavy atom. The Balaban J connectivity index is 1.73. The Kier molecular flexibility index (Phi) is 2.90. The lowest BCUT2D eigenvalue weighted by Crippen LogP contribution is -2.14. The number of benzene rings is 1. The van der Waals surface area contributed by atoms with Crippen LogP contribution in [0.5, 0.6) is 0 Å². The highest BCUT2D eigenvalue weighted by Crippen LogP contribution is 2.25. The third kappa shape index (κ3) is 2.08. The van der Waals surface area contributed by atoms with Gasteiger partial charge in [0.05, 0.1) is 34.9 Å². The molecular weight excluding hydrogens is 330 g/mol. The zero-order valence-corrected chi connectivity index (χ0v) is 14.2. The fourth-order valence-corrected chi connectivity index (χ4v) is 3.22. The van der Waals surface area contributed by atoms with Gasteiger partial charge in [0.15, 0.2) is 0 Å².